The lowest BCUT2D eigenvalue weighted by Gasteiger charge is -2.15. The summed E-state index contributed by atoms with van der Waals surface area (Å²) in [7, 11) is 0. The van der Waals surface area contributed by atoms with E-state index in [1.165, 1.54) is 6.07 Å². The lowest BCUT2D eigenvalue weighted by Crippen LogP contribution is -2.28. The maximum atomic E-state index is 12.3. The van der Waals surface area contributed by atoms with E-state index >= 15 is 0 Å². The smallest absolute Gasteiger partial charge is 0.382 e. The molecule has 0 aliphatic carbocycles. The SMILES string of the molecule is N#CC(CNc1cccc(Cl)c1Br)C(F)(F)F. The van der Waals surface area contributed by atoms with Crippen LogP contribution in [0.4, 0.5) is 18.9 Å². The van der Waals surface area contributed by atoms with Crippen molar-refractivity contribution >= 4 is 33.2 Å². The van der Waals surface area contributed by atoms with Crippen molar-refractivity contribution in [1.29, 1.82) is 5.26 Å². The Morgan fingerprint density at radius 1 is 1.47 bits per heavy atom. The van der Waals surface area contributed by atoms with Gasteiger partial charge in [-0.25, -0.2) is 0 Å². The second kappa shape index (κ2) is 5.61. The van der Waals surface area contributed by atoms with Gasteiger partial charge in [-0.2, -0.15) is 18.4 Å². The molecule has 0 spiro atoms. The maximum Gasteiger partial charge on any atom is 0.406 e. The first-order valence-electron chi connectivity index (χ1n) is 4.50. The minimum atomic E-state index is -4.53. The summed E-state index contributed by atoms with van der Waals surface area (Å²) in [5.74, 6) is -2.05. The van der Waals surface area contributed by atoms with Crippen LogP contribution in [0.25, 0.3) is 0 Å². The van der Waals surface area contributed by atoms with Gasteiger partial charge >= 0.3 is 6.18 Å². The van der Waals surface area contributed by atoms with Gasteiger partial charge in [0, 0.05) is 12.2 Å². The second-order valence-electron chi connectivity index (χ2n) is 3.21. The van der Waals surface area contributed by atoms with Gasteiger partial charge in [0.05, 0.1) is 15.6 Å². The molecule has 1 rings (SSSR count). The normalized spacial score (nSPS) is 12.9. The molecule has 0 radical (unpaired) electrons. The Labute approximate surface area is 110 Å². The van der Waals surface area contributed by atoms with E-state index in [1.54, 1.807) is 18.2 Å². The van der Waals surface area contributed by atoms with E-state index in [-0.39, 0.29) is 0 Å². The largest absolute Gasteiger partial charge is 0.406 e. The van der Waals surface area contributed by atoms with E-state index in [1.807, 2.05) is 0 Å². The summed E-state index contributed by atoms with van der Waals surface area (Å²) >= 11 is 8.92. The van der Waals surface area contributed by atoms with E-state index < -0.39 is 18.6 Å². The topological polar surface area (TPSA) is 35.8 Å². The Morgan fingerprint density at radius 3 is 2.65 bits per heavy atom. The third-order valence-corrected chi connectivity index (χ3v) is 3.40. The molecule has 1 unspecified atom stereocenters. The van der Waals surface area contributed by atoms with Crippen LogP contribution in [-0.4, -0.2) is 12.7 Å². The molecule has 0 bridgehead atoms. The molecule has 17 heavy (non-hydrogen) atoms. The quantitative estimate of drug-likeness (QED) is 0.902. The fourth-order valence-corrected chi connectivity index (χ4v) is 1.67. The van der Waals surface area contributed by atoms with Crippen molar-refractivity contribution in [3.05, 3.63) is 27.7 Å². The Kier molecular flexibility index (Phi) is 4.66. The van der Waals surface area contributed by atoms with Crippen molar-refractivity contribution in [3.8, 4) is 6.07 Å². The van der Waals surface area contributed by atoms with Gasteiger partial charge in [0.25, 0.3) is 0 Å². The Morgan fingerprint density at radius 2 is 2.12 bits per heavy atom. The zero-order chi connectivity index (χ0) is 13.1. The number of nitriles is 1. The van der Waals surface area contributed by atoms with Crippen LogP contribution in [0.3, 0.4) is 0 Å². The predicted octanol–water partition coefficient (Wildman–Crippen LogP) is 4.22. The number of anilines is 1. The minimum Gasteiger partial charge on any atom is -0.382 e. The molecular formula is C10H7BrClF3N2. The van der Waals surface area contributed by atoms with Crippen LogP contribution in [0, 0.1) is 17.2 Å². The van der Waals surface area contributed by atoms with Gasteiger partial charge in [-0.1, -0.05) is 17.7 Å². The van der Waals surface area contributed by atoms with Crippen LogP contribution in [0.1, 0.15) is 0 Å². The molecule has 1 aromatic carbocycles. The minimum absolute atomic E-state index is 0.385. The fraction of sp³-hybridized carbons (Fsp3) is 0.300. The molecule has 1 aromatic rings. The van der Waals surface area contributed by atoms with Crippen molar-refractivity contribution in [2.75, 3.05) is 11.9 Å². The Balaban J connectivity index is 2.74. The van der Waals surface area contributed by atoms with Gasteiger partial charge in [-0.3, -0.25) is 0 Å². The summed E-state index contributed by atoms with van der Waals surface area (Å²) in [5, 5.41) is 11.3. The van der Waals surface area contributed by atoms with Crippen molar-refractivity contribution < 1.29 is 13.2 Å². The molecule has 2 nitrogen and oxygen atoms in total. The fourth-order valence-electron chi connectivity index (χ4n) is 1.09. The lowest BCUT2D eigenvalue weighted by molar-refractivity contribution is -0.155. The van der Waals surface area contributed by atoms with Crippen LogP contribution in [-0.2, 0) is 0 Å². The summed E-state index contributed by atoms with van der Waals surface area (Å²) in [6, 6.07) is 5.98. The predicted molar refractivity (Wildman–Crippen MR) is 62.8 cm³/mol. The van der Waals surface area contributed by atoms with E-state index in [9.17, 15) is 13.2 Å². The number of nitrogens with one attached hydrogen (secondary N) is 1. The van der Waals surface area contributed by atoms with Crippen LogP contribution in [0.5, 0.6) is 0 Å². The molecule has 92 valence electrons. The van der Waals surface area contributed by atoms with Gasteiger partial charge < -0.3 is 5.32 Å². The first-order chi connectivity index (χ1) is 7.86. The molecule has 0 saturated heterocycles. The van der Waals surface area contributed by atoms with Gasteiger partial charge in [0.15, 0.2) is 5.92 Å². The first kappa shape index (κ1) is 14.1. The van der Waals surface area contributed by atoms with Crippen LogP contribution < -0.4 is 5.32 Å². The number of nitrogens with zero attached hydrogens (tertiary/aromatic N) is 1. The van der Waals surface area contributed by atoms with Crippen molar-refractivity contribution in [2.45, 2.75) is 6.18 Å². The van der Waals surface area contributed by atoms with Crippen LogP contribution in [0.15, 0.2) is 22.7 Å². The number of hydrogen-bond donors (Lipinski definition) is 1. The number of halogens is 5. The number of alkyl halides is 3. The summed E-state index contributed by atoms with van der Waals surface area (Å²) in [6.07, 6.45) is -4.53. The highest BCUT2D eigenvalue weighted by Crippen LogP contribution is 2.31. The summed E-state index contributed by atoms with van der Waals surface area (Å²) in [6.45, 7) is -0.515. The van der Waals surface area contributed by atoms with Crippen molar-refractivity contribution in [2.24, 2.45) is 5.92 Å². The van der Waals surface area contributed by atoms with Crippen LogP contribution in [0.2, 0.25) is 5.02 Å². The zero-order valence-electron chi connectivity index (χ0n) is 8.35. The highest BCUT2D eigenvalue weighted by molar-refractivity contribution is 9.10. The van der Waals surface area contributed by atoms with E-state index in [2.05, 4.69) is 21.2 Å². The van der Waals surface area contributed by atoms with E-state index in [0.29, 0.717) is 15.2 Å². The number of rotatable bonds is 3. The van der Waals surface area contributed by atoms with E-state index in [4.69, 9.17) is 16.9 Å². The maximum absolute atomic E-state index is 12.3. The van der Waals surface area contributed by atoms with Gasteiger partial charge in [-0.05, 0) is 28.1 Å². The molecule has 0 fully saturated rings. The lowest BCUT2D eigenvalue weighted by atomic mass is 10.1. The average Bonchev–Trinajstić information content (AvgIpc) is 2.23. The highest BCUT2D eigenvalue weighted by atomic mass is 79.9. The molecule has 0 amide bonds. The van der Waals surface area contributed by atoms with Gasteiger partial charge in [-0.15, -0.1) is 0 Å². The first-order valence-corrected chi connectivity index (χ1v) is 5.67. The molecule has 7 heteroatoms. The monoisotopic (exact) mass is 326 g/mol. The molecule has 0 aliphatic heterocycles. The third-order valence-electron chi connectivity index (χ3n) is 2.00. The summed E-state index contributed by atoms with van der Waals surface area (Å²) in [4.78, 5) is 0. The molecule has 0 heterocycles. The standard InChI is InChI=1S/C10H7BrClF3N2/c11-9-7(12)2-1-3-8(9)17-5-6(4-16)10(13,14)15/h1-3,6,17H,5H2. The average molecular weight is 328 g/mol. The molecule has 0 aliphatic rings. The second-order valence-corrected chi connectivity index (χ2v) is 4.41. The van der Waals surface area contributed by atoms with E-state index in [0.717, 1.165) is 0 Å². The highest BCUT2D eigenvalue weighted by Gasteiger charge is 2.39. The Hall–Kier alpha value is -0.930. The van der Waals surface area contributed by atoms with Crippen molar-refractivity contribution in [1.82, 2.24) is 0 Å². The zero-order valence-corrected chi connectivity index (χ0v) is 10.7. The molecular weight excluding hydrogens is 320 g/mol. The third kappa shape index (κ3) is 3.79. The summed E-state index contributed by atoms with van der Waals surface area (Å²) < 4.78 is 37.4. The van der Waals surface area contributed by atoms with Gasteiger partial charge in [0.1, 0.15) is 0 Å². The number of hydrogen-bond acceptors (Lipinski definition) is 2. The van der Waals surface area contributed by atoms with Gasteiger partial charge in [0.2, 0.25) is 0 Å². The molecule has 1 atom stereocenters. The Bertz CT molecular complexity index is 442. The molecule has 0 saturated carbocycles. The number of benzene rings is 1. The summed E-state index contributed by atoms with van der Waals surface area (Å²) in [5.41, 5.74) is 0.419. The van der Waals surface area contributed by atoms with Crippen molar-refractivity contribution in [3.63, 3.8) is 0 Å². The molecule has 0 aromatic heterocycles. The molecule has 1 N–H and O–H groups in total. The van der Waals surface area contributed by atoms with Crippen LogP contribution >= 0.6 is 27.5 Å².